The lowest BCUT2D eigenvalue weighted by Crippen LogP contribution is -2.42. The van der Waals surface area contributed by atoms with Gasteiger partial charge in [-0.1, -0.05) is 13.3 Å². The number of aromatic nitrogens is 2. The van der Waals surface area contributed by atoms with Gasteiger partial charge in [-0.05, 0) is 37.8 Å². The van der Waals surface area contributed by atoms with E-state index in [0.29, 0.717) is 12.6 Å². The van der Waals surface area contributed by atoms with E-state index in [4.69, 9.17) is 5.73 Å². The minimum atomic E-state index is 0.459. The summed E-state index contributed by atoms with van der Waals surface area (Å²) in [6, 6.07) is 4.59. The van der Waals surface area contributed by atoms with Crippen LogP contribution in [0.3, 0.4) is 0 Å². The van der Waals surface area contributed by atoms with E-state index in [0.717, 1.165) is 24.0 Å². The molecule has 0 bridgehead atoms. The number of hydrogen-bond donors (Lipinski definition) is 1. The van der Waals surface area contributed by atoms with Gasteiger partial charge in [-0.15, -0.1) is 5.10 Å². The summed E-state index contributed by atoms with van der Waals surface area (Å²) in [5, 5.41) is 8.43. The van der Waals surface area contributed by atoms with Crippen molar-refractivity contribution >= 4 is 5.82 Å². The summed E-state index contributed by atoms with van der Waals surface area (Å²) in [7, 11) is 0. The van der Waals surface area contributed by atoms with Gasteiger partial charge < -0.3 is 10.6 Å². The molecule has 1 aliphatic heterocycles. The number of anilines is 1. The second-order valence-corrected chi connectivity index (χ2v) is 4.94. The predicted molar refractivity (Wildman–Crippen MR) is 69.7 cm³/mol. The zero-order chi connectivity index (χ0) is 12.3. The minimum Gasteiger partial charge on any atom is -0.352 e. The SMILES string of the molecule is CCC1CCC(C)N(c2ccc(CN)nn2)C1. The van der Waals surface area contributed by atoms with Gasteiger partial charge in [0.05, 0.1) is 5.69 Å². The Kier molecular flexibility index (Phi) is 3.94. The van der Waals surface area contributed by atoms with Gasteiger partial charge >= 0.3 is 0 Å². The lowest BCUT2D eigenvalue weighted by Gasteiger charge is -2.38. The lowest BCUT2D eigenvalue weighted by atomic mass is 9.91. The van der Waals surface area contributed by atoms with Crippen LogP contribution in [0, 0.1) is 5.92 Å². The van der Waals surface area contributed by atoms with Gasteiger partial charge in [0.25, 0.3) is 0 Å². The van der Waals surface area contributed by atoms with E-state index in [2.05, 4.69) is 28.9 Å². The van der Waals surface area contributed by atoms with E-state index in [-0.39, 0.29) is 0 Å². The second-order valence-electron chi connectivity index (χ2n) is 4.94. The number of nitrogens with zero attached hydrogens (tertiary/aromatic N) is 3. The highest BCUT2D eigenvalue weighted by Crippen LogP contribution is 2.27. The Balaban J connectivity index is 2.12. The second kappa shape index (κ2) is 5.45. The van der Waals surface area contributed by atoms with Crippen LogP contribution in [0.2, 0.25) is 0 Å². The van der Waals surface area contributed by atoms with Gasteiger partial charge in [0.2, 0.25) is 0 Å². The van der Waals surface area contributed by atoms with Gasteiger partial charge in [0.1, 0.15) is 0 Å². The third-order valence-corrected chi connectivity index (χ3v) is 3.77. The quantitative estimate of drug-likeness (QED) is 0.868. The number of hydrogen-bond acceptors (Lipinski definition) is 4. The van der Waals surface area contributed by atoms with Crippen LogP contribution in [0.15, 0.2) is 12.1 Å². The summed E-state index contributed by atoms with van der Waals surface area (Å²) in [4.78, 5) is 2.38. The molecule has 1 aliphatic rings. The van der Waals surface area contributed by atoms with Crippen LogP contribution < -0.4 is 10.6 Å². The molecule has 2 unspecified atom stereocenters. The van der Waals surface area contributed by atoms with Crippen LogP contribution >= 0.6 is 0 Å². The zero-order valence-electron chi connectivity index (χ0n) is 10.8. The molecule has 0 amide bonds. The van der Waals surface area contributed by atoms with Gasteiger partial charge in [0.15, 0.2) is 5.82 Å². The van der Waals surface area contributed by atoms with Crippen LogP contribution in [0.25, 0.3) is 0 Å². The summed E-state index contributed by atoms with van der Waals surface area (Å²) in [6.45, 7) is 6.10. The fraction of sp³-hybridized carbons (Fsp3) is 0.692. The molecule has 2 heterocycles. The molecule has 0 aliphatic carbocycles. The van der Waals surface area contributed by atoms with Crippen molar-refractivity contribution < 1.29 is 0 Å². The van der Waals surface area contributed by atoms with Gasteiger partial charge in [0, 0.05) is 19.1 Å². The first-order valence-corrected chi connectivity index (χ1v) is 6.54. The highest BCUT2D eigenvalue weighted by Gasteiger charge is 2.25. The largest absolute Gasteiger partial charge is 0.352 e. The molecular weight excluding hydrogens is 212 g/mol. The van der Waals surface area contributed by atoms with Crippen LogP contribution in [0.4, 0.5) is 5.82 Å². The van der Waals surface area contributed by atoms with Gasteiger partial charge in [-0.3, -0.25) is 0 Å². The molecule has 1 aromatic heterocycles. The van der Waals surface area contributed by atoms with Crippen molar-refractivity contribution in [2.24, 2.45) is 11.7 Å². The molecule has 17 heavy (non-hydrogen) atoms. The molecule has 2 rings (SSSR count). The molecule has 1 fully saturated rings. The van der Waals surface area contributed by atoms with Gasteiger partial charge in [-0.2, -0.15) is 5.10 Å². The third kappa shape index (κ3) is 2.75. The molecule has 0 saturated carbocycles. The summed E-state index contributed by atoms with van der Waals surface area (Å²) in [6.07, 6.45) is 3.83. The summed E-state index contributed by atoms with van der Waals surface area (Å²) >= 11 is 0. The van der Waals surface area contributed by atoms with E-state index < -0.39 is 0 Å². The maximum absolute atomic E-state index is 5.53. The Labute approximate surface area is 103 Å². The van der Waals surface area contributed by atoms with Crippen molar-refractivity contribution in [1.82, 2.24) is 10.2 Å². The van der Waals surface area contributed by atoms with Crippen molar-refractivity contribution in [2.45, 2.75) is 45.7 Å². The standard InChI is InChI=1S/C13H22N4/c1-3-11-5-4-10(2)17(9-11)13-7-6-12(8-14)15-16-13/h6-7,10-11H,3-5,8-9,14H2,1-2H3. The Hall–Kier alpha value is -1.16. The average Bonchev–Trinajstić information content (AvgIpc) is 2.39. The van der Waals surface area contributed by atoms with E-state index in [9.17, 15) is 0 Å². The number of piperidine rings is 1. The van der Waals surface area contributed by atoms with Crippen molar-refractivity contribution in [1.29, 1.82) is 0 Å². The van der Waals surface area contributed by atoms with E-state index >= 15 is 0 Å². The Morgan fingerprint density at radius 1 is 1.35 bits per heavy atom. The highest BCUT2D eigenvalue weighted by atomic mass is 15.3. The third-order valence-electron chi connectivity index (χ3n) is 3.77. The smallest absolute Gasteiger partial charge is 0.151 e. The maximum atomic E-state index is 5.53. The van der Waals surface area contributed by atoms with E-state index in [1.165, 1.54) is 19.3 Å². The Bertz CT molecular complexity index is 349. The topological polar surface area (TPSA) is 55.0 Å². The summed E-state index contributed by atoms with van der Waals surface area (Å²) < 4.78 is 0. The zero-order valence-corrected chi connectivity index (χ0v) is 10.8. The van der Waals surface area contributed by atoms with Crippen molar-refractivity contribution in [3.8, 4) is 0 Å². The van der Waals surface area contributed by atoms with E-state index in [1.807, 2.05) is 12.1 Å². The molecule has 0 aromatic carbocycles. The Morgan fingerprint density at radius 2 is 2.18 bits per heavy atom. The summed E-state index contributed by atoms with van der Waals surface area (Å²) in [5.41, 5.74) is 6.39. The number of rotatable bonds is 3. The highest BCUT2D eigenvalue weighted by molar-refractivity contribution is 5.39. The maximum Gasteiger partial charge on any atom is 0.151 e. The number of nitrogens with two attached hydrogens (primary N) is 1. The molecule has 0 radical (unpaired) electrons. The first kappa shape index (κ1) is 12.3. The van der Waals surface area contributed by atoms with Crippen molar-refractivity contribution in [3.05, 3.63) is 17.8 Å². The van der Waals surface area contributed by atoms with Crippen LogP contribution in [-0.2, 0) is 6.54 Å². The molecule has 2 atom stereocenters. The minimum absolute atomic E-state index is 0.459. The Morgan fingerprint density at radius 3 is 2.76 bits per heavy atom. The normalized spacial score (nSPS) is 25.0. The van der Waals surface area contributed by atoms with Crippen molar-refractivity contribution in [2.75, 3.05) is 11.4 Å². The monoisotopic (exact) mass is 234 g/mol. The predicted octanol–water partition coefficient (Wildman–Crippen LogP) is 1.95. The fourth-order valence-electron chi connectivity index (χ4n) is 2.45. The molecular formula is C13H22N4. The van der Waals surface area contributed by atoms with Gasteiger partial charge in [-0.25, -0.2) is 0 Å². The molecule has 1 saturated heterocycles. The molecule has 0 spiro atoms. The molecule has 94 valence electrons. The lowest BCUT2D eigenvalue weighted by molar-refractivity contribution is 0.356. The molecule has 2 N–H and O–H groups in total. The summed E-state index contributed by atoms with van der Waals surface area (Å²) in [5.74, 6) is 1.79. The van der Waals surface area contributed by atoms with Crippen LogP contribution in [0.5, 0.6) is 0 Å². The average molecular weight is 234 g/mol. The first-order chi connectivity index (χ1) is 8.24. The fourth-order valence-corrected chi connectivity index (χ4v) is 2.45. The molecule has 1 aromatic rings. The van der Waals surface area contributed by atoms with Crippen molar-refractivity contribution in [3.63, 3.8) is 0 Å². The molecule has 4 nitrogen and oxygen atoms in total. The first-order valence-electron chi connectivity index (χ1n) is 6.54. The molecule has 4 heteroatoms. The van der Waals surface area contributed by atoms with E-state index in [1.54, 1.807) is 0 Å². The van der Waals surface area contributed by atoms with Crippen LogP contribution in [0.1, 0.15) is 38.8 Å². The van der Waals surface area contributed by atoms with Crippen LogP contribution in [-0.4, -0.2) is 22.8 Å².